The SMILES string of the molecule is CC1(C)CCC(CN2CCN(c3ccc(C(=O)NS(=O)(=O)c4ccc(OCC5COCCO5)c([N+](=O)[O-])c4)c(OC4CCCC5NNCC54)c3)CC2)=C(c2ccc(Cl)cc2)C1. The molecule has 3 aliphatic heterocycles. The van der Waals surface area contributed by atoms with Crippen molar-refractivity contribution in [3.63, 3.8) is 0 Å². The van der Waals surface area contributed by atoms with Gasteiger partial charge in [-0.3, -0.25) is 30.7 Å². The van der Waals surface area contributed by atoms with Crippen LogP contribution in [-0.4, -0.2) is 108 Å². The highest BCUT2D eigenvalue weighted by molar-refractivity contribution is 7.90. The number of fused-ring (bicyclic) bond motifs is 1. The molecular weight excluding hydrogens is 824 g/mol. The molecule has 3 N–H and O–H groups in total. The number of amides is 1. The average Bonchev–Trinajstić information content (AvgIpc) is 3.74. The number of ether oxygens (including phenoxy) is 4. The molecular formula is C44H55ClN6O9S. The van der Waals surface area contributed by atoms with Gasteiger partial charge in [-0.05, 0) is 91.5 Å². The molecule has 4 atom stereocenters. The normalized spacial score (nSPS) is 24.5. The van der Waals surface area contributed by atoms with Gasteiger partial charge in [0, 0.05) is 74.1 Å². The molecule has 0 radical (unpaired) electrons. The van der Waals surface area contributed by atoms with E-state index in [1.165, 1.54) is 28.8 Å². The average molecular weight is 879 g/mol. The molecule has 17 heteroatoms. The summed E-state index contributed by atoms with van der Waals surface area (Å²) in [5.41, 5.74) is 11.3. The van der Waals surface area contributed by atoms with E-state index in [1.54, 1.807) is 6.07 Å². The largest absolute Gasteiger partial charge is 0.489 e. The summed E-state index contributed by atoms with van der Waals surface area (Å²) in [7, 11) is -4.56. The van der Waals surface area contributed by atoms with Crippen LogP contribution in [0.25, 0.3) is 5.57 Å². The first-order chi connectivity index (χ1) is 29.3. The summed E-state index contributed by atoms with van der Waals surface area (Å²) in [5.74, 6) is -0.580. The second-order valence-electron chi connectivity index (χ2n) is 17.5. The van der Waals surface area contributed by atoms with Crippen LogP contribution < -0.4 is 29.9 Å². The van der Waals surface area contributed by atoms with Gasteiger partial charge in [-0.2, -0.15) is 0 Å². The third kappa shape index (κ3) is 10.3. The van der Waals surface area contributed by atoms with Crippen LogP contribution in [0.15, 0.2) is 71.1 Å². The highest BCUT2D eigenvalue weighted by Crippen LogP contribution is 2.43. The zero-order valence-electron chi connectivity index (χ0n) is 34.7. The van der Waals surface area contributed by atoms with E-state index in [0.717, 1.165) is 88.0 Å². The standard InChI is InChI=1S/C44H55ClN6O9S/c1-44(2)15-14-30(36(24-44)29-6-8-31(45)9-7-29)26-49-16-18-50(19-17-49)32-10-12-35(42(22-32)60-40-5-3-4-38-37(40)25-46-47-38)43(52)48-61(55,56)34-11-13-41(39(23-34)51(53)54)59-28-33-27-57-20-21-58-33/h6-13,22-23,33,37-38,40,46-47H,3-5,14-21,24-28H2,1-2H3,(H,48,52). The molecule has 5 aliphatic rings. The van der Waals surface area contributed by atoms with E-state index < -0.39 is 37.5 Å². The maximum absolute atomic E-state index is 14.0. The minimum atomic E-state index is -4.56. The molecule has 328 valence electrons. The van der Waals surface area contributed by atoms with Crippen molar-refractivity contribution in [3.8, 4) is 11.5 Å². The van der Waals surface area contributed by atoms with Crippen LogP contribution in [0.1, 0.15) is 68.3 Å². The molecule has 3 aromatic carbocycles. The first-order valence-corrected chi connectivity index (χ1v) is 23.1. The Hall–Kier alpha value is -4.29. The van der Waals surface area contributed by atoms with Crippen molar-refractivity contribution >= 4 is 44.5 Å². The Labute approximate surface area is 362 Å². The Bertz CT molecular complexity index is 2230. The number of hydrogen-bond donors (Lipinski definition) is 3. The molecule has 1 saturated carbocycles. The number of nitrogens with zero attached hydrogens (tertiary/aromatic N) is 3. The van der Waals surface area contributed by atoms with Crippen molar-refractivity contribution < 1.29 is 37.1 Å². The summed E-state index contributed by atoms with van der Waals surface area (Å²) in [6.07, 6.45) is 5.33. The number of carbonyl (C=O) groups excluding carboxylic acids is 1. The number of rotatable bonds is 13. The van der Waals surface area contributed by atoms with Gasteiger partial charge < -0.3 is 23.8 Å². The number of hydrazine groups is 1. The second-order valence-corrected chi connectivity index (χ2v) is 19.6. The first-order valence-electron chi connectivity index (χ1n) is 21.2. The number of nitrogens with one attached hydrogen (secondary N) is 3. The summed E-state index contributed by atoms with van der Waals surface area (Å²) < 4.78 is 52.8. The van der Waals surface area contributed by atoms with Gasteiger partial charge in [0.15, 0.2) is 5.75 Å². The van der Waals surface area contributed by atoms with Gasteiger partial charge in [0.25, 0.3) is 15.9 Å². The van der Waals surface area contributed by atoms with Gasteiger partial charge in [0.05, 0.1) is 35.2 Å². The number of halogens is 1. The predicted molar refractivity (Wildman–Crippen MR) is 232 cm³/mol. The van der Waals surface area contributed by atoms with Crippen molar-refractivity contribution in [3.05, 3.63) is 92.5 Å². The maximum Gasteiger partial charge on any atom is 0.312 e. The van der Waals surface area contributed by atoms with Crippen LogP contribution in [0.3, 0.4) is 0 Å². The van der Waals surface area contributed by atoms with Crippen LogP contribution in [0, 0.1) is 21.4 Å². The first kappa shape index (κ1) is 43.4. The van der Waals surface area contributed by atoms with Crippen molar-refractivity contribution in [2.24, 2.45) is 11.3 Å². The summed E-state index contributed by atoms with van der Waals surface area (Å²) in [6.45, 7) is 10.6. The smallest absolute Gasteiger partial charge is 0.312 e. The fourth-order valence-electron chi connectivity index (χ4n) is 9.17. The lowest BCUT2D eigenvalue weighted by atomic mass is 9.72. The number of nitro benzene ring substituents is 1. The molecule has 1 amide bonds. The van der Waals surface area contributed by atoms with Crippen LogP contribution in [0.4, 0.5) is 11.4 Å². The number of sulfonamides is 1. The Morgan fingerprint density at radius 1 is 1.03 bits per heavy atom. The van der Waals surface area contributed by atoms with Gasteiger partial charge >= 0.3 is 5.69 Å². The molecule has 15 nitrogen and oxygen atoms in total. The summed E-state index contributed by atoms with van der Waals surface area (Å²) >= 11 is 6.25. The molecule has 0 bridgehead atoms. The molecule has 4 fully saturated rings. The van der Waals surface area contributed by atoms with Crippen LogP contribution in [0.5, 0.6) is 11.5 Å². The second kappa shape index (κ2) is 18.6. The minimum absolute atomic E-state index is 0.0181. The molecule has 0 aromatic heterocycles. The Kier molecular flexibility index (Phi) is 13.2. The number of anilines is 1. The van der Waals surface area contributed by atoms with E-state index in [2.05, 4.69) is 51.4 Å². The Morgan fingerprint density at radius 2 is 1.84 bits per heavy atom. The highest BCUT2D eigenvalue weighted by Gasteiger charge is 2.39. The van der Waals surface area contributed by atoms with E-state index in [9.17, 15) is 23.3 Å². The summed E-state index contributed by atoms with van der Waals surface area (Å²) in [4.78, 5) is 29.6. The Morgan fingerprint density at radius 3 is 2.59 bits per heavy atom. The summed E-state index contributed by atoms with van der Waals surface area (Å²) in [6, 6.07) is 17.0. The monoisotopic (exact) mass is 878 g/mol. The van der Waals surface area contributed by atoms with Gasteiger partial charge in [-0.25, -0.2) is 13.1 Å². The van der Waals surface area contributed by atoms with Crippen molar-refractivity contribution in [2.75, 3.05) is 70.6 Å². The third-order valence-corrected chi connectivity index (χ3v) is 14.2. The van der Waals surface area contributed by atoms with E-state index in [1.807, 2.05) is 24.3 Å². The molecule has 2 aliphatic carbocycles. The van der Waals surface area contributed by atoms with Crippen molar-refractivity contribution in [1.82, 2.24) is 20.5 Å². The quantitative estimate of drug-likeness (QED) is 0.136. The molecule has 61 heavy (non-hydrogen) atoms. The molecule has 3 heterocycles. The molecule has 0 spiro atoms. The van der Waals surface area contributed by atoms with E-state index in [0.29, 0.717) is 19.8 Å². The number of carbonyl (C=O) groups is 1. The lowest BCUT2D eigenvalue weighted by Crippen LogP contribution is -2.47. The lowest BCUT2D eigenvalue weighted by Gasteiger charge is -2.39. The highest BCUT2D eigenvalue weighted by atomic mass is 35.5. The number of piperazine rings is 1. The molecule has 4 unspecified atom stereocenters. The molecule has 8 rings (SSSR count). The minimum Gasteiger partial charge on any atom is -0.489 e. The van der Waals surface area contributed by atoms with Crippen molar-refractivity contribution in [1.29, 1.82) is 0 Å². The third-order valence-electron chi connectivity index (χ3n) is 12.6. The summed E-state index contributed by atoms with van der Waals surface area (Å²) in [5, 5.41) is 12.8. The van der Waals surface area contributed by atoms with Crippen LogP contribution in [-0.2, 0) is 19.5 Å². The number of hydrogen-bond acceptors (Lipinski definition) is 13. The fraction of sp³-hybridized carbons (Fsp3) is 0.523. The van der Waals surface area contributed by atoms with E-state index >= 15 is 0 Å². The number of benzene rings is 3. The van der Waals surface area contributed by atoms with Crippen LogP contribution >= 0.6 is 11.6 Å². The van der Waals surface area contributed by atoms with Crippen LogP contribution in [0.2, 0.25) is 5.02 Å². The molecule has 3 aromatic rings. The fourth-order valence-corrected chi connectivity index (χ4v) is 10.3. The van der Waals surface area contributed by atoms with Crippen molar-refractivity contribution in [2.45, 2.75) is 75.5 Å². The topological polar surface area (TPSA) is 174 Å². The van der Waals surface area contributed by atoms with E-state index in [4.69, 9.17) is 30.5 Å². The zero-order chi connectivity index (χ0) is 42.7. The number of nitro groups is 1. The van der Waals surface area contributed by atoms with Gasteiger partial charge in [0.2, 0.25) is 0 Å². The zero-order valence-corrected chi connectivity index (χ0v) is 36.3. The molecule has 3 saturated heterocycles. The van der Waals surface area contributed by atoms with Gasteiger partial charge in [0.1, 0.15) is 24.6 Å². The van der Waals surface area contributed by atoms with E-state index in [-0.39, 0.29) is 53.8 Å². The van der Waals surface area contributed by atoms with Gasteiger partial charge in [-0.15, -0.1) is 0 Å². The van der Waals surface area contributed by atoms with Gasteiger partial charge in [-0.1, -0.05) is 43.2 Å². The lowest BCUT2D eigenvalue weighted by molar-refractivity contribution is -0.386. The predicted octanol–water partition coefficient (Wildman–Crippen LogP) is 5.97. The maximum atomic E-state index is 14.0. The number of allylic oxidation sites excluding steroid dienone is 1. The Balaban J connectivity index is 0.991.